The van der Waals surface area contributed by atoms with E-state index in [-0.39, 0.29) is 18.9 Å². The molecule has 0 aliphatic carbocycles. The molecule has 1 N–H and O–H groups in total. The molecule has 6 heteroatoms. The van der Waals surface area contributed by atoms with Gasteiger partial charge in [-0.3, -0.25) is 9.59 Å². The first-order valence-electron chi connectivity index (χ1n) is 7.97. The molecule has 0 atom stereocenters. The number of nitrogens with one attached hydrogen (secondary N) is 1. The minimum atomic E-state index is -0.404. The molecule has 0 aliphatic heterocycles. The SMILES string of the molecule is Cc1cccc(NC(=O)COC(=O)CCc2nc3ccccc3s2)c1. The van der Waals surface area contributed by atoms with Crippen molar-refractivity contribution >= 4 is 39.1 Å². The van der Waals surface area contributed by atoms with E-state index in [1.807, 2.05) is 49.4 Å². The van der Waals surface area contributed by atoms with Crippen LogP contribution in [0.1, 0.15) is 17.0 Å². The molecule has 0 saturated heterocycles. The van der Waals surface area contributed by atoms with E-state index in [1.165, 1.54) is 0 Å². The maximum atomic E-state index is 11.8. The molecular weight excluding hydrogens is 336 g/mol. The number of fused-ring (bicyclic) bond motifs is 1. The van der Waals surface area contributed by atoms with E-state index in [0.29, 0.717) is 12.1 Å². The predicted octanol–water partition coefficient (Wildman–Crippen LogP) is 3.72. The number of anilines is 1. The highest BCUT2D eigenvalue weighted by molar-refractivity contribution is 7.18. The Morgan fingerprint density at radius 3 is 2.80 bits per heavy atom. The van der Waals surface area contributed by atoms with Gasteiger partial charge in [0.25, 0.3) is 5.91 Å². The second-order valence-corrected chi connectivity index (χ2v) is 6.77. The van der Waals surface area contributed by atoms with Gasteiger partial charge in [0.1, 0.15) is 0 Å². The largest absolute Gasteiger partial charge is 0.456 e. The monoisotopic (exact) mass is 354 g/mol. The molecule has 0 spiro atoms. The van der Waals surface area contributed by atoms with E-state index in [0.717, 1.165) is 20.8 Å². The van der Waals surface area contributed by atoms with E-state index >= 15 is 0 Å². The highest BCUT2D eigenvalue weighted by Gasteiger charge is 2.10. The van der Waals surface area contributed by atoms with Crippen LogP contribution in [0.2, 0.25) is 0 Å². The van der Waals surface area contributed by atoms with E-state index < -0.39 is 5.97 Å². The van der Waals surface area contributed by atoms with Crippen molar-refractivity contribution < 1.29 is 14.3 Å². The van der Waals surface area contributed by atoms with Gasteiger partial charge in [-0.2, -0.15) is 0 Å². The van der Waals surface area contributed by atoms with Gasteiger partial charge in [0, 0.05) is 12.1 Å². The van der Waals surface area contributed by atoms with Gasteiger partial charge in [-0.1, -0.05) is 24.3 Å². The van der Waals surface area contributed by atoms with Crippen LogP contribution in [0.3, 0.4) is 0 Å². The first kappa shape index (κ1) is 17.1. The first-order valence-corrected chi connectivity index (χ1v) is 8.78. The van der Waals surface area contributed by atoms with E-state index in [4.69, 9.17) is 4.74 Å². The average Bonchev–Trinajstić information content (AvgIpc) is 3.01. The maximum absolute atomic E-state index is 11.8. The lowest BCUT2D eigenvalue weighted by molar-refractivity contribution is -0.147. The minimum absolute atomic E-state index is 0.206. The van der Waals surface area contributed by atoms with Crippen molar-refractivity contribution in [1.29, 1.82) is 0 Å². The summed E-state index contributed by atoms with van der Waals surface area (Å²) in [4.78, 5) is 28.1. The smallest absolute Gasteiger partial charge is 0.306 e. The van der Waals surface area contributed by atoms with Gasteiger partial charge < -0.3 is 10.1 Å². The number of rotatable bonds is 6. The second kappa shape index (κ2) is 7.90. The van der Waals surface area contributed by atoms with Gasteiger partial charge in [0.15, 0.2) is 6.61 Å². The Kier molecular flexibility index (Phi) is 5.40. The molecular formula is C19H18N2O3S. The highest BCUT2D eigenvalue weighted by Crippen LogP contribution is 2.22. The number of benzene rings is 2. The number of thiazole rings is 1. The molecule has 1 heterocycles. The lowest BCUT2D eigenvalue weighted by Crippen LogP contribution is -2.21. The number of aromatic nitrogens is 1. The fourth-order valence-electron chi connectivity index (χ4n) is 2.37. The second-order valence-electron chi connectivity index (χ2n) is 5.65. The maximum Gasteiger partial charge on any atom is 0.306 e. The van der Waals surface area contributed by atoms with Gasteiger partial charge in [-0.05, 0) is 36.8 Å². The number of nitrogens with zero attached hydrogens (tertiary/aromatic N) is 1. The molecule has 0 radical (unpaired) electrons. The number of hydrogen-bond donors (Lipinski definition) is 1. The van der Waals surface area contributed by atoms with Gasteiger partial charge in [-0.15, -0.1) is 11.3 Å². The third kappa shape index (κ3) is 4.87. The van der Waals surface area contributed by atoms with Crippen LogP contribution in [0.25, 0.3) is 10.2 Å². The van der Waals surface area contributed by atoms with E-state index in [2.05, 4.69) is 10.3 Å². The summed E-state index contributed by atoms with van der Waals surface area (Å²) in [5, 5.41) is 3.59. The zero-order valence-electron chi connectivity index (χ0n) is 13.8. The molecule has 3 rings (SSSR count). The lowest BCUT2D eigenvalue weighted by Gasteiger charge is -2.07. The summed E-state index contributed by atoms with van der Waals surface area (Å²) >= 11 is 1.57. The molecule has 0 fully saturated rings. The summed E-state index contributed by atoms with van der Waals surface area (Å²) in [5.41, 5.74) is 2.68. The number of esters is 1. The fraction of sp³-hybridized carbons (Fsp3) is 0.211. The summed E-state index contributed by atoms with van der Waals surface area (Å²) < 4.78 is 6.13. The van der Waals surface area contributed by atoms with Gasteiger partial charge in [0.2, 0.25) is 0 Å². The van der Waals surface area contributed by atoms with Gasteiger partial charge in [0.05, 0.1) is 21.6 Å². The van der Waals surface area contributed by atoms with E-state index in [9.17, 15) is 9.59 Å². The third-order valence-corrected chi connectivity index (χ3v) is 4.64. The van der Waals surface area contributed by atoms with Crippen LogP contribution in [0, 0.1) is 6.92 Å². The fourth-order valence-corrected chi connectivity index (χ4v) is 3.34. The highest BCUT2D eigenvalue weighted by atomic mass is 32.1. The summed E-state index contributed by atoms with van der Waals surface area (Å²) in [6.45, 7) is 1.66. The van der Waals surface area contributed by atoms with Crippen LogP contribution in [-0.2, 0) is 20.7 Å². The number of carbonyl (C=O) groups is 2. The van der Waals surface area contributed by atoms with Crippen molar-refractivity contribution in [2.75, 3.05) is 11.9 Å². The Labute approximate surface area is 149 Å². The molecule has 5 nitrogen and oxygen atoms in total. The quantitative estimate of drug-likeness (QED) is 0.685. The molecule has 0 bridgehead atoms. The molecule has 128 valence electrons. The van der Waals surface area contributed by atoms with Crippen LogP contribution in [0.15, 0.2) is 48.5 Å². The molecule has 25 heavy (non-hydrogen) atoms. The van der Waals surface area contributed by atoms with Crippen molar-refractivity contribution in [2.45, 2.75) is 19.8 Å². The molecule has 0 saturated carbocycles. The van der Waals surface area contributed by atoms with Gasteiger partial charge >= 0.3 is 5.97 Å². The number of para-hydroxylation sites is 1. The molecule has 1 aromatic heterocycles. The minimum Gasteiger partial charge on any atom is -0.456 e. The van der Waals surface area contributed by atoms with Crippen LogP contribution in [-0.4, -0.2) is 23.5 Å². The number of amides is 1. The van der Waals surface area contributed by atoms with Crippen LogP contribution >= 0.6 is 11.3 Å². The zero-order valence-corrected chi connectivity index (χ0v) is 14.6. The Hall–Kier alpha value is -2.73. The summed E-state index contributed by atoms with van der Waals surface area (Å²) in [7, 11) is 0. The Morgan fingerprint density at radius 2 is 2.00 bits per heavy atom. The number of carbonyl (C=O) groups excluding carboxylic acids is 2. The van der Waals surface area contributed by atoms with Crippen molar-refractivity contribution in [3.63, 3.8) is 0 Å². The number of ether oxygens (including phenoxy) is 1. The van der Waals surface area contributed by atoms with Crippen molar-refractivity contribution in [3.8, 4) is 0 Å². The lowest BCUT2D eigenvalue weighted by atomic mass is 10.2. The third-order valence-electron chi connectivity index (χ3n) is 3.55. The predicted molar refractivity (Wildman–Crippen MR) is 98.7 cm³/mol. The zero-order chi connectivity index (χ0) is 17.6. The molecule has 3 aromatic rings. The Bertz CT molecular complexity index is 871. The summed E-state index contributed by atoms with van der Waals surface area (Å²) in [6.07, 6.45) is 0.717. The molecule has 0 unspecified atom stereocenters. The molecule has 0 aliphatic rings. The van der Waals surface area contributed by atoms with Crippen LogP contribution in [0.5, 0.6) is 0 Å². The Balaban J connectivity index is 1.43. The molecule has 1 amide bonds. The molecule has 2 aromatic carbocycles. The number of hydrogen-bond acceptors (Lipinski definition) is 5. The van der Waals surface area contributed by atoms with Crippen molar-refractivity contribution in [2.24, 2.45) is 0 Å². The normalized spacial score (nSPS) is 10.6. The van der Waals surface area contributed by atoms with Gasteiger partial charge in [-0.25, -0.2) is 4.98 Å². The Morgan fingerprint density at radius 1 is 1.16 bits per heavy atom. The van der Waals surface area contributed by atoms with E-state index in [1.54, 1.807) is 17.4 Å². The van der Waals surface area contributed by atoms with Crippen molar-refractivity contribution in [1.82, 2.24) is 4.98 Å². The number of aryl methyl sites for hydroxylation is 2. The summed E-state index contributed by atoms with van der Waals surface area (Å²) in [6, 6.07) is 15.3. The first-order chi connectivity index (χ1) is 12.1. The van der Waals surface area contributed by atoms with Crippen molar-refractivity contribution in [3.05, 3.63) is 59.1 Å². The summed E-state index contributed by atoms with van der Waals surface area (Å²) in [5.74, 6) is -0.752. The average molecular weight is 354 g/mol. The topological polar surface area (TPSA) is 68.3 Å². The van der Waals surface area contributed by atoms with Crippen LogP contribution in [0.4, 0.5) is 5.69 Å². The van der Waals surface area contributed by atoms with Crippen LogP contribution < -0.4 is 5.32 Å². The standard InChI is InChI=1S/C19H18N2O3S/c1-13-5-4-6-14(11-13)20-17(22)12-24-19(23)10-9-18-21-15-7-2-3-8-16(15)25-18/h2-8,11H,9-10,12H2,1H3,(H,20,22).